The summed E-state index contributed by atoms with van der Waals surface area (Å²) < 4.78 is 10.1. The van der Waals surface area contributed by atoms with Crippen LogP contribution in [0.3, 0.4) is 0 Å². The fourth-order valence-corrected chi connectivity index (χ4v) is 1.62. The van der Waals surface area contributed by atoms with Crippen LogP contribution in [0.2, 0.25) is 0 Å². The molecule has 1 aromatic heterocycles. The lowest BCUT2D eigenvalue weighted by molar-refractivity contribution is -0.140. The number of carboxylic acids is 1. The molecule has 6 nitrogen and oxygen atoms in total. The molecule has 1 heterocycles. The molecule has 2 unspecified atom stereocenters. The Hall–Kier alpha value is -1.82. The maximum Gasteiger partial charge on any atom is 0.326 e. The van der Waals surface area contributed by atoms with Crippen molar-refractivity contribution < 1.29 is 23.8 Å². The van der Waals surface area contributed by atoms with Gasteiger partial charge in [0.25, 0.3) is 5.91 Å². The Morgan fingerprint density at radius 1 is 1.47 bits per heavy atom. The number of aliphatic carboxylic acids is 1. The van der Waals surface area contributed by atoms with Gasteiger partial charge in [-0.1, -0.05) is 20.3 Å². The summed E-state index contributed by atoms with van der Waals surface area (Å²) in [5.41, 5.74) is 0. The molecule has 0 spiro atoms. The van der Waals surface area contributed by atoms with Crippen LogP contribution in [-0.2, 0) is 16.1 Å². The summed E-state index contributed by atoms with van der Waals surface area (Å²) in [7, 11) is 1.52. The summed E-state index contributed by atoms with van der Waals surface area (Å²) in [6.45, 7) is 3.91. The second-order valence-electron chi connectivity index (χ2n) is 4.37. The van der Waals surface area contributed by atoms with Crippen molar-refractivity contribution in [1.29, 1.82) is 0 Å². The predicted octanol–water partition coefficient (Wildman–Crippen LogP) is 1.66. The topological polar surface area (TPSA) is 88.8 Å². The van der Waals surface area contributed by atoms with Crippen molar-refractivity contribution >= 4 is 11.9 Å². The molecule has 2 atom stereocenters. The van der Waals surface area contributed by atoms with E-state index in [1.54, 1.807) is 13.0 Å². The van der Waals surface area contributed by atoms with Crippen LogP contribution in [0.15, 0.2) is 16.5 Å². The molecule has 2 N–H and O–H groups in total. The standard InChI is InChI=1S/C13H19NO5/c1-4-8(2)11(13(16)17)14-12(15)10-6-5-9(19-10)7-18-3/h5-6,8,11H,4,7H2,1-3H3,(H,14,15)(H,16,17). The lowest BCUT2D eigenvalue weighted by atomic mass is 9.99. The number of hydrogen-bond acceptors (Lipinski definition) is 4. The molecule has 0 aliphatic carbocycles. The number of methoxy groups -OCH3 is 1. The molecule has 0 aliphatic heterocycles. The second kappa shape index (κ2) is 6.94. The summed E-state index contributed by atoms with van der Waals surface area (Å²) >= 11 is 0. The minimum atomic E-state index is -1.05. The number of hydrogen-bond donors (Lipinski definition) is 2. The highest BCUT2D eigenvalue weighted by molar-refractivity contribution is 5.94. The molecule has 1 aromatic rings. The third-order valence-corrected chi connectivity index (χ3v) is 2.94. The van der Waals surface area contributed by atoms with Crippen molar-refractivity contribution in [2.24, 2.45) is 5.92 Å². The first-order valence-corrected chi connectivity index (χ1v) is 6.10. The molecule has 1 amide bonds. The van der Waals surface area contributed by atoms with Crippen molar-refractivity contribution in [2.75, 3.05) is 7.11 Å². The zero-order valence-corrected chi connectivity index (χ0v) is 11.3. The second-order valence-corrected chi connectivity index (χ2v) is 4.37. The van der Waals surface area contributed by atoms with E-state index < -0.39 is 17.9 Å². The van der Waals surface area contributed by atoms with Gasteiger partial charge >= 0.3 is 5.97 Å². The smallest absolute Gasteiger partial charge is 0.326 e. The van der Waals surface area contributed by atoms with Gasteiger partial charge in [0.1, 0.15) is 18.4 Å². The lowest BCUT2D eigenvalue weighted by Crippen LogP contribution is -2.44. The number of carboxylic acid groups (broad SMARTS) is 1. The summed E-state index contributed by atoms with van der Waals surface area (Å²) in [6, 6.07) is 2.20. The number of rotatable bonds is 7. The monoisotopic (exact) mass is 269 g/mol. The van der Waals surface area contributed by atoms with Crippen LogP contribution in [0.25, 0.3) is 0 Å². The number of furan rings is 1. The SMILES string of the molecule is CCC(C)C(NC(=O)c1ccc(COC)o1)C(=O)O. The Morgan fingerprint density at radius 3 is 2.68 bits per heavy atom. The van der Waals surface area contributed by atoms with Gasteiger partial charge in [0.2, 0.25) is 0 Å². The highest BCUT2D eigenvalue weighted by atomic mass is 16.5. The van der Waals surface area contributed by atoms with Crippen LogP contribution in [0.4, 0.5) is 0 Å². The molecule has 0 aromatic carbocycles. The minimum Gasteiger partial charge on any atom is -0.480 e. The molecule has 0 saturated heterocycles. The van der Waals surface area contributed by atoms with Crippen molar-refractivity contribution in [1.82, 2.24) is 5.32 Å². The molecule has 19 heavy (non-hydrogen) atoms. The Balaban J connectivity index is 2.73. The van der Waals surface area contributed by atoms with Gasteiger partial charge in [-0.2, -0.15) is 0 Å². The molecule has 1 rings (SSSR count). The molecule has 106 valence electrons. The van der Waals surface area contributed by atoms with Crippen molar-refractivity contribution in [2.45, 2.75) is 32.9 Å². The van der Waals surface area contributed by atoms with E-state index in [2.05, 4.69) is 5.32 Å². The molecule has 0 radical (unpaired) electrons. The van der Waals surface area contributed by atoms with Gasteiger partial charge in [0.05, 0.1) is 0 Å². The number of ether oxygens (including phenoxy) is 1. The van der Waals surface area contributed by atoms with Gasteiger partial charge < -0.3 is 19.6 Å². The van der Waals surface area contributed by atoms with Crippen LogP contribution in [0.1, 0.15) is 36.6 Å². The fourth-order valence-electron chi connectivity index (χ4n) is 1.62. The number of amides is 1. The predicted molar refractivity (Wildman–Crippen MR) is 67.8 cm³/mol. The molecule has 0 saturated carbocycles. The average Bonchev–Trinajstić information content (AvgIpc) is 2.83. The lowest BCUT2D eigenvalue weighted by Gasteiger charge is -2.19. The van der Waals surface area contributed by atoms with Crippen LogP contribution < -0.4 is 5.32 Å². The van der Waals surface area contributed by atoms with Gasteiger partial charge in [0, 0.05) is 7.11 Å². The summed E-state index contributed by atoms with van der Waals surface area (Å²) in [5.74, 6) is -1.14. The zero-order valence-electron chi connectivity index (χ0n) is 11.3. The number of carbonyl (C=O) groups is 2. The Labute approximate surface area is 111 Å². The molecule has 0 fully saturated rings. The molecule has 6 heteroatoms. The van der Waals surface area contributed by atoms with Crippen LogP contribution in [0.5, 0.6) is 0 Å². The normalized spacial score (nSPS) is 13.8. The van der Waals surface area contributed by atoms with Crippen LogP contribution in [-0.4, -0.2) is 30.1 Å². The Kier molecular flexibility index (Phi) is 5.57. The first kappa shape index (κ1) is 15.2. The van der Waals surface area contributed by atoms with Gasteiger partial charge in [-0.3, -0.25) is 4.79 Å². The fraction of sp³-hybridized carbons (Fsp3) is 0.538. The number of carbonyl (C=O) groups excluding carboxylic acids is 1. The van der Waals surface area contributed by atoms with Crippen molar-refractivity contribution in [3.63, 3.8) is 0 Å². The molecular formula is C13H19NO5. The van der Waals surface area contributed by atoms with E-state index in [0.29, 0.717) is 12.2 Å². The first-order chi connectivity index (χ1) is 8.99. The van der Waals surface area contributed by atoms with E-state index in [1.165, 1.54) is 13.2 Å². The quantitative estimate of drug-likeness (QED) is 0.785. The minimum absolute atomic E-state index is 0.0848. The molecular weight excluding hydrogens is 250 g/mol. The summed E-state index contributed by atoms with van der Waals surface area (Å²) in [4.78, 5) is 23.0. The maximum absolute atomic E-state index is 11.9. The summed E-state index contributed by atoms with van der Waals surface area (Å²) in [6.07, 6.45) is 0.657. The Morgan fingerprint density at radius 2 is 2.16 bits per heavy atom. The van der Waals surface area contributed by atoms with E-state index in [-0.39, 0.29) is 18.3 Å². The maximum atomic E-state index is 11.9. The van der Waals surface area contributed by atoms with E-state index in [9.17, 15) is 9.59 Å². The van der Waals surface area contributed by atoms with E-state index >= 15 is 0 Å². The Bertz CT molecular complexity index is 440. The zero-order chi connectivity index (χ0) is 14.4. The van der Waals surface area contributed by atoms with Gasteiger partial charge in [-0.05, 0) is 18.1 Å². The third-order valence-electron chi connectivity index (χ3n) is 2.94. The van der Waals surface area contributed by atoms with E-state index in [4.69, 9.17) is 14.3 Å². The number of nitrogens with one attached hydrogen (secondary N) is 1. The highest BCUT2D eigenvalue weighted by Gasteiger charge is 2.26. The molecule has 0 bridgehead atoms. The first-order valence-electron chi connectivity index (χ1n) is 6.10. The van der Waals surface area contributed by atoms with Gasteiger partial charge in [-0.15, -0.1) is 0 Å². The van der Waals surface area contributed by atoms with Crippen LogP contribution >= 0.6 is 0 Å². The average molecular weight is 269 g/mol. The highest BCUT2D eigenvalue weighted by Crippen LogP contribution is 2.12. The largest absolute Gasteiger partial charge is 0.480 e. The summed E-state index contributed by atoms with van der Waals surface area (Å²) in [5, 5.41) is 11.6. The van der Waals surface area contributed by atoms with E-state index in [1.807, 2.05) is 6.92 Å². The van der Waals surface area contributed by atoms with Gasteiger partial charge in [-0.25, -0.2) is 4.79 Å². The third kappa shape index (κ3) is 4.10. The van der Waals surface area contributed by atoms with Crippen LogP contribution in [0, 0.1) is 5.92 Å². The van der Waals surface area contributed by atoms with Crippen molar-refractivity contribution in [3.8, 4) is 0 Å². The van der Waals surface area contributed by atoms with Crippen molar-refractivity contribution in [3.05, 3.63) is 23.7 Å². The van der Waals surface area contributed by atoms with Gasteiger partial charge in [0.15, 0.2) is 5.76 Å². The van der Waals surface area contributed by atoms with E-state index in [0.717, 1.165) is 0 Å². The molecule has 0 aliphatic rings.